The monoisotopic (exact) mass is 186 g/mol. The highest BCUT2D eigenvalue weighted by molar-refractivity contribution is 6.28. The number of rotatable bonds is 1. The van der Waals surface area contributed by atoms with Crippen LogP contribution in [0.3, 0.4) is 0 Å². The van der Waals surface area contributed by atoms with Gasteiger partial charge in [0.25, 0.3) is 0 Å². The number of piperazine rings is 1. The van der Waals surface area contributed by atoms with Crippen LogP contribution in [0.2, 0.25) is 0 Å². The van der Waals surface area contributed by atoms with Gasteiger partial charge in [-0.2, -0.15) is 0 Å². The van der Waals surface area contributed by atoms with Gasteiger partial charge in [-0.15, -0.1) is 0 Å². The molecule has 1 aliphatic rings. The Labute approximate surface area is 76.7 Å². The molecule has 0 unspecified atom stereocenters. The molecule has 1 rings (SSSR count). The van der Waals surface area contributed by atoms with E-state index in [1.165, 1.54) is 0 Å². The van der Waals surface area contributed by atoms with E-state index in [4.69, 9.17) is 10.4 Å². The van der Waals surface area contributed by atoms with E-state index in [-0.39, 0.29) is 0 Å². The fourth-order valence-electron chi connectivity index (χ4n) is 1.26. The van der Waals surface area contributed by atoms with Crippen LogP contribution < -0.4 is 0 Å². The van der Waals surface area contributed by atoms with Crippen molar-refractivity contribution in [2.24, 2.45) is 10.3 Å². The molecule has 6 heteroatoms. The molecule has 13 heavy (non-hydrogen) atoms. The van der Waals surface area contributed by atoms with Gasteiger partial charge in [-0.05, 0) is 7.05 Å². The molecule has 0 aromatic heterocycles. The summed E-state index contributed by atoms with van der Waals surface area (Å²) in [6, 6.07) is 0. The summed E-state index contributed by atoms with van der Waals surface area (Å²) in [6.45, 7) is 3.39. The third kappa shape index (κ3) is 2.59. The van der Waals surface area contributed by atoms with Crippen LogP contribution in [-0.2, 0) is 0 Å². The van der Waals surface area contributed by atoms with E-state index in [1.807, 2.05) is 11.9 Å². The van der Waals surface area contributed by atoms with E-state index in [9.17, 15) is 0 Å². The largest absolute Gasteiger partial charge is 0.411 e. The zero-order chi connectivity index (χ0) is 9.68. The Morgan fingerprint density at radius 1 is 1.23 bits per heavy atom. The van der Waals surface area contributed by atoms with Gasteiger partial charge in [-0.25, -0.2) is 0 Å². The van der Waals surface area contributed by atoms with Crippen molar-refractivity contribution in [1.82, 2.24) is 9.80 Å². The molecular formula is C7H14N4O2. The quantitative estimate of drug-likeness (QED) is 0.250. The van der Waals surface area contributed by atoms with E-state index in [0.29, 0.717) is 5.84 Å². The van der Waals surface area contributed by atoms with Crippen LogP contribution >= 0.6 is 0 Å². The average Bonchev–Trinajstić information content (AvgIpc) is 2.16. The fourth-order valence-corrected chi connectivity index (χ4v) is 1.26. The van der Waals surface area contributed by atoms with Gasteiger partial charge < -0.3 is 20.2 Å². The van der Waals surface area contributed by atoms with Crippen molar-refractivity contribution in [3.05, 3.63) is 0 Å². The van der Waals surface area contributed by atoms with Gasteiger partial charge >= 0.3 is 0 Å². The smallest absolute Gasteiger partial charge is 0.189 e. The van der Waals surface area contributed by atoms with E-state index in [0.717, 1.165) is 32.4 Å². The van der Waals surface area contributed by atoms with Gasteiger partial charge in [-0.1, -0.05) is 10.3 Å². The third-order valence-electron chi connectivity index (χ3n) is 2.10. The molecule has 1 aliphatic heterocycles. The SMILES string of the molecule is CN1CCN(C(/C=N/O)=N\O)CC1. The highest BCUT2D eigenvalue weighted by Gasteiger charge is 2.16. The summed E-state index contributed by atoms with van der Waals surface area (Å²) in [5, 5.41) is 22.8. The Balaban J connectivity index is 2.52. The van der Waals surface area contributed by atoms with Crippen LogP contribution in [0.25, 0.3) is 0 Å². The van der Waals surface area contributed by atoms with Crippen molar-refractivity contribution in [1.29, 1.82) is 0 Å². The standard InChI is InChI=1S/C7H14N4O2/c1-10-2-4-11(5-3-10)7(9-13)6-8-12/h6,12-13H,2-5H2,1H3/b8-6+,9-7-. The van der Waals surface area contributed by atoms with E-state index in [1.54, 1.807) is 0 Å². The first-order chi connectivity index (χ1) is 6.27. The van der Waals surface area contributed by atoms with E-state index in [2.05, 4.69) is 15.2 Å². The van der Waals surface area contributed by atoms with Gasteiger partial charge in [0.2, 0.25) is 0 Å². The molecule has 0 aromatic carbocycles. The molecule has 0 saturated carbocycles. The molecule has 2 N–H and O–H groups in total. The lowest BCUT2D eigenvalue weighted by Gasteiger charge is -2.32. The molecule has 74 valence electrons. The van der Waals surface area contributed by atoms with Crippen LogP contribution in [0.15, 0.2) is 10.3 Å². The number of oxime groups is 2. The van der Waals surface area contributed by atoms with Crippen LogP contribution in [-0.4, -0.2) is 65.5 Å². The second kappa shape index (κ2) is 4.66. The molecule has 0 radical (unpaired) electrons. The zero-order valence-electron chi connectivity index (χ0n) is 7.59. The zero-order valence-corrected chi connectivity index (χ0v) is 7.59. The number of nitrogens with zero attached hydrogens (tertiary/aromatic N) is 4. The first-order valence-corrected chi connectivity index (χ1v) is 4.11. The van der Waals surface area contributed by atoms with E-state index < -0.39 is 0 Å². The summed E-state index contributed by atoms with van der Waals surface area (Å²) in [4.78, 5) is 4.04. The van der Waals surface area contributed by atoms with Crippen molar-refractivity contribution in [3.8, 4) is 0 Å². The predicted molar refractivity (Wildman–Crippen MR) is 48.6 cm³/mol. The molecule has 0 aliphatic carbocycles. The van der Waals surface area contributed by atoms with Gasteiger partial charge in [0.15, 0.2) is 5.84 Å². The maximum Gasteiger partial charge on any atom is 0.189 e. The third-order valence-corrected chi connectivity index (χ3v) is 2.10. The number of likely N-dealkylation sites (N-methyl/N-ethyl adjacent to an activating group) is 1. The molecule has 0 amide bonds. The molecule has 1 fully saturated rings. The maximum atomic E-state index is 8.61. The highest BCUT2D eigenvalue weighted by Crippen LogP contribution is 1.99. The average molecular weight is 186 g/mol. The molecule has 0 bridgehead atoms. The summed E-state index contributed by atoms with van der Waals surface area (Å²) in [5.74, 6) is 0.301. The van der Waals surface area contributed by atoms with Gasteiger partial charge in [0.05, 0.1) is 0 Å². The lowest BCUT2D eigenvalue weighted by atomic mass is 10.3. The predicted octanol–water partition coefficient (Wildman–Crippen LogP) is -0.518. The number of amidine groups is 1. The topological polar surface area (TPSA) is 71.7 Å². The lowest BCUT2D eigenvalue weighted by Crippen LogP contribution is -2.47. The first-order valence-electron chi connectivity index (χ1n) is 4.11. The summed E-state index contributed by atoms with van der Waals surface area (Å²) < 4.78 is 0. The maximum absolute atomic E-state index is 8.61. The van der Waals surface area contributed by atoms with Crippen LogP contribution in [0.4, 0.5) is 0 Å². The summed E-state index contributed by atoms with van der Waals surface area (Å²) in [6.07, 6.45) is 1.13. The molecule has 1 heterocycles. The van der Waals surface area contributed by atoms with Gasteiger partial charge in [0, 0.05) is 26.2 Å². The minimum Gasteiger partial charge on any atom is -0.411 e. The molecule has 6 nitrogen and oxygen atoms in total. The Kier molecular flexibility index (Phi) is 3.51. The van der Waals surface area contributed by atoms with Crippen molar-refractivity contribution >= 4 is 12.1 Å². The lowest BCUT2D eigenvalue weighted by molar-refractivity contribution is 0.209. The second-order valence-corrected chi connectivity index (χ2v) is 2.99. The molecular weight excluding hydrogens is 172 g/mol. The van der Waals surface area contributed by atoms with Crippen LogP contribution in [0, 0.1) is 0 Å². The Morgan fingerprint density at radius 2 is 1.85 bits per heavy atom. The fraction of sp³-hybridized carbons (Fsp3) is 0.714. The summed E-state index contributed by atoms with van der Waals surface area (Å²) >= 11 is 0. The Bertz CT molecular complexity index is 209. The Hall–Kier alpha value is -1.30. The molecule has 0 aromatic rings. The van der Waals surface area contributed by atoms with Crippen molar-refractivity contribution in [2.45, 2.75) is 0 Å². The second-order valence-electron chi connectivity index (χ2n) is 2.99. The normalized spacial score (nSPS) is 21.3. The molecule has 1 saturated heterocycles. The van der Waals surface area contributed by atoms with E-state index >= 15 is 0 Å². The highest BCUT2D eigenvalue weighted by atomic mass is 16.4. The van der Waals surface area contributed by atoms with Crippen molar-refractivity contribution in [3.63, 3.8) is 0 Å². The summed E-state index contributed by atoms with van der Waals surface area (Å²) in [7, 11) is 2.03. The van der Waals surface area contributed by atoms with Crippen LogP contribution in [0.5, 0.6) is 0 Å². The van der Waals surface area contributed by atoms with Crippen LogP contribution in [0.1, 0.15) is 0 Å². The molecule has 0 spiro atoms. The number of hydrogen-bond donors (Lipinski definition) is 2. The van der Waals surface area contributed by atoms with Crippen molar-refractivity contribution in [2.75, 3.05) is 33.2 Å². The summed E-state index contributed by atoms with van der Waals surface area (Å²) in [5.41, 5.74) is 0. The Morgan fingerprint density at radius 3 is 2.31 bits per heavy atom. The number of hydrogen-bond acceptors (Lipinski definition) is 5. The molecule has 0 atom stereocenters. The van der Waals surface area contributed by atoms with Gasteiger partial charge in [-0.3, -0.25) is 0 Å². The van der Waals surface area contributed by atoms with Gasteiger partial charge in [0.1, 0.15) is 6.21 Å². The first kappa shape index (κ1) is 9.79. The minimum atomic E-state index is 0.301. The van der Waals surface area contributed by atoms with Crippen molar-refractivity contribution < 1.29 is 10.4 Å². The minimum absolute atomic E-state index is 0.301.